The fraction of sp³-hybridized carbons (Fsp3) is 0.286. The quantitative estimate of drug-likeness (QED) is 0.831. The number of hydrogen-bond acceptors (Lipinski definition) is 4. The molecular weight excluding hydrogens is 260 g/mol. The van der Waals surface area contributed by atoms with Crippen LogP contribution >= 0.6 is 11.6 Å². The van der Waals surface area contributed by atoms with E-state index in [1.54, 1.807) is 6.07 Å². The average Bonchev–Trinajstić information content (AvgIpc) is 2.33. The van der Waals surface area contributed by atoms with E-state index in [1.165, 1.54) is 11.1 Å². The van der Waals surface area contributed by atoms with Crippen molar-refractivity contribution in [3.8, 4) is 0 Å². The highest BCUT2D eigenvalue weighted by molar-refractivity contribution is 6.29. The number of rotatable bonds is 4. The zero-order valence-corrected chi connectivity index (χ0v) is 12.0. The van der Waals surface area contributed by atoms with Crippen molar-refractivity contribution in [2.24, 2.45) is 0 Å². The van der Waals surface area contributed by atoms with Gasteiger partial charge in [0, 0.05) is 18.3 Å². The minimum Gasteiger partial charge on any atom is -0.354 e. The molecule has 1 aromatic carbocycles. The third kappa shape index (κ3) is 3.58. The number of nitrogens with one attached hydrogen (secondary N) is 2. The van der Waals surface area contributed by atoms with Gasteiger partial charge in [-0.2, -0.15) is 4.98 Å². The maximum Gasteiger partial charge on any atom is 0.226 e. The summed E-state index contributed by atoms with van der Waals surface area (Å²) in [6.45, 7) is 6.91. The molecule has 0 spiro atoms. The molecule has 0 saturated heterocycles. The summed E-state index contributed by atoms with van der Waals surface area (Å²) in [6.07, 6.45) is 0. The Morgan fingerprint density at radius 1 is 1.11 bits per heavy atom. The monoisotopic (exact) mass is 276 g/mol. The Hall–Kier alpha value is -1.81. The molecule has 0 bridgehead atoms. The molecule has 2 aromatic rings. The van der Waals surface area contributed by atoms with Gasteiger partial charge < -0.3 is 10.6 Å². The van der Waals surface area contributed by atoms with Crippen molar-refractivity contribution in [2.75, 3.05) is 17.2 Å². The fourth-order valence-corrected chi connectivity index (χ4v) is 1.87. The van der Waals surface area contributed by atoms with E-state index in [4.69, 9.17) is 11.6 Å². The average molecular weight is 277 g/mol. The molecule has 0 saturated carbocycles. The van der Waals surface area contributed by atoms with Gasteiger partial charge in [-0.1, -0.05) is 17.7 Å². The van der Waals surface area contributed by atoms with E-state index in [0.717, 1.165) is 12.2 Å². The summed E-state index contributed by atoms with van der Waals surface area (Å²) in [7, 11) is 0. The highest BCUT2D eigenvalue weighted by atomic mass is 35.5. The Morgan fingerprint density at radius 3 is 2.58 bits per heavy atom. The molecular formula is C14H17ClN4. The molecule has 19 heavy (non-hydrogen) atoms. The van der Waals surface area contributed by atoms with E-state index in [2.05, 4.69) is 46.6 Å². The van der Waals surface area contributed by atoms with Gasteiger partial charge in [0.1, 0.15) is 11.0 Å². The molecule has 0 aliphatic carbocycles. The molecule has 100 valence electrons. The number of nitrogens with zero attached hydrogens (tertiary/aromatic N) is 2. The van der Waals surface area contributed by atoms with Crippen molar-refractivity contribution in [2.45, 2.75) is 20.8 Å². The number of halogens is 1. The van der Waals surface area contributed by atoms with Gasteiger partial charge in [-0.25, -0.2) is 4.98 Å². The first-order valence-corrected chi connectivity index (χ1v) is 6.59. The molecule has 0 amide bonds. The summed E-state index contributed by atoms with van der Waals surface area (Å²) < 4.78 is 0. The fourth-order valence-electron chi connectivity index (χ4n) is 1.69. The van der Waals surface area contributed by atoms with E-state index in [-0.39, 0.29) is 0 Å². The van der Waals surface area contributed by atoms with Crippen LogP contribution in [0.25, 0.3) is 0 Å². The lowest BCUT2D eigenvalue weighted by Gasteiger charge is -2.10. The third-order valence-corrected chi connectivity index (χ3v) is 3.00. The SMILES string of the molecule is CCNc1nc(Cl)cc(Nc2ccc(C)c(C)c2)n1. The van der Waals surface area contributed by atoms with E-state index in [1.807, 2.05) is 13.0 Å². The van der Waals surface area contributed by atoms with E-state index in [9.17, 15) is 0 Å². The van der Waals surface area contributed by atoms with E-state index in [0.29, 0.717) is 16.9 Å². The van der Waals surface area contributed by atoms with Gasteiger partial charge in [-0.05, 0) is 44.0 Å². The van der Waals surface area contributed by atoms with Crippen LogP contribution in [0.5, 0.6) is 0 Å². The smallest absolute Gasteiger partial charge is 0.226 e. The minimum atomic E-state index is 0.414. The lowest BCUT2D eigenvalue weighted by Crippen LogP contribution is -2.04. The largest absolute Gasteiger partial charge is 0.354 e. The zero-order chi connectivity index (χ0) is 13.8. The highest BCUT2D eigenvalue weighted by Crippen LogP contribution is 2.21. The number of aryl methyl sites for hydroxylation is 2. The van der Waals surface area contributed by atoms with Crippen LogP contribution in [0.3, 0.4) is 0 Å². The predicted molar refractivity (Wildman–Crippen MR) is 80.4 cm³/mol. The van der Waals surface area contributed by atoms with Crippen molar-refractivity contribution in [3.05, 3.63) is 40.5 Å². The van der Waals surface area contributed by atoms with Crippen molar-refractivity contribution < 1.29 is 0 Å². The molecule has 1 heterocycles. The first-order valence-electron chi connectivity index (χ1n) is 6.21. The number of hydrogen-bond donors (Lipinski definition) is 2. The molecule has 0 aliphatic heterocycles. The standard InChI is InChI=1S/C14H17ClN4/c1-4-16-14-18-12(15)8-13(19-14)17-11-6-5-9(2)10(3)7-11/h5-8H,4H2,1-3H3,(H2,16,17,18,19). The zero-order valence-electron chi connectivity index (χ0n) is 11.3. The maximum absolute atomic E-state index is 5.98. The third-order valence-electron chi connectivity index (χ3n) is 2.81. The van der Waals surface area contributed by atoms with Gasteiger partial charge in [0.25, 0.3) is 0 Å². The van der Waals surface area contributed by atoms with Crippen molar-refractivity contribution in [1.29, 1.82) is 0 Å². The van der Waals surface area contributed by atoms with Crippen molar-refractivity contribution >= 4 is 29.1 Å². The highest BCUT2D eigenvalue weighted by Gasteiger charge is 2.03. The van der Waals surface area contributed by atoms with Crippen LogP contribution in [-0.2, 0) is 0 Å². The van der Waals surface area contributed by atoms with Crippen molar-refractivity contribution in [1.82, 2.24) is 9.97 Å². The Kier molecular flexibility index (Phi) is 4.22. The molecule has 0 atom stereocenters. The molecule has 0 unspecified atom stereocenters. The molecule has 0 aliphatic rings. The first-order chi connectivity index (χ1) is 9.08. The van der Waals surface area contributed by atoms with Crippen LogP contribution in [-0.4, -0.2) is 16.5 Å². The van der Waals surface area contributed by atoms with Crippen LogP contribution in [0.2, 0.25) is 5.15 Å². The number of aromatic nitrogens is 2. The molecule has 2 rings (SSSR count). The summed E-state index contributed by atoms with van der Waals surface area (Å²) in [5.74, 6) is 1.21. The molecule has 5 heteroatoms. The Bertz CT molecular complexity index is 584. The lowest BCUT2D eigenvalue weighted by molar-refractivity contribution is 1.09. The maximum atomic E-state index is 5.98. The lowest BCUT2D eigenvalue weighted by atomic mass is 10.1. The number of anilines is 3. The Labute approximate surface area is 118 Å². The predicted octanol–water partition coefficient (Wildman–Crippen LogP) is 3.92. The minimum absolute atomic E-state index is 0.414. The number of benzene rings is 1. The van der Waals surface area contributed by atoms with Gasteiger partial charge in [0.2, 0.25) is 5.95 Å². The van der Waals surface area contributed by atoms with Crippen LogP contribution in [0.15, 0.2) is 24.3 Å². The van der Waals surface area contributed by atoms with Gasteiger partial charge >= 0.3 is 0 Å². The van der Waals surface area contributed by atoms with Gasteiger partial charge in [0.05, 0.1) is 0 Å². The normalized spacial score (nSPS) is 10.3. The molecule has 4 nitrogen and oxygen atoms in total. The second kappa shape index (κ2) is 5.89. The summed E-state index contributed by atoms with van der Waals surface area (Å²) in [4.78, 5) is 8.45. The Morgan fingerprint density at radius 2 is 1.89 bits per heavy atom. The summed E-state index contributed by atoms with van der Waals surface area (Å²) in [5, 5.41) is 6.70. The summed E-state index contributed by atoms with van der Waals surface area (Å²) in [5.41, 5.74) is 3.48. The van der Waals surface area contributed by atoms with Crippen LogP contribution < -0.4 is 10.6 Å². The second-order valence-electron chi connectivity index (χ2n) is 4.35. The van der Waals surface area contributed by atoms with Gasteiger partial charge in [-0.3, -0.25) is 0 Å². The molecule has 0 radical (unpaired) electrons. The van der Waals surface area contributed by atoms with Crippen LogP contribution in [0.1, 0.15) is 18.1 Å². The van der Waals surface area contributed by atoms with Crippen molar-refractivity contribution in [3.63, 3.8) is 0 Å². The van der Waals surface area contributed by atoms with E-state index >= 15 is 0 Å². The topological polar surface area (TPSA) is 49.8 Å². The van der Waals surface area contributed by atoms with Crippen LogP contribution in [0.4, 0.5) is 17.5 Å². The van der Waals surface area contributed by atoms with Crippen LogP contribution in [0, 0.1) is 13.8 Å². The molecule has 2 N–H and O–H groups in total. The second-order valence-corrected chi connectivity index (χ2v) is 4.74. The molecule has 0 fully saturated rings. The first kappa shape index (κ1) is 13.6. The summed E-state index contributed by atoms with van der Waals surface area (Å²) in [6, 6.07) is 7.88. The molecule has 1 aromatic heterocycles. The van der Waals surface area contributed by atoms with Gasteiger partial charge in [0.15, 0.2) is 0 Å². The van der Waals surface area contributed by atoms with E-state index < -0.39 is 0 Å². The Balaban J connectivity index is 2.24. The summed E-state index contributed by atoms with van der Waals surface area (Å²) >= 11 is 5.98. The van der Waals surface area contributed by atoms with Gasteiger partial charge in [-0.15, -0.1) is 0 Å².